The summed E-state index contributed by atoms with van der Waals surface area (Å²) in [5.41, 5.74) is 2.44. The molecule has 10 heteroatoms. The summed E-state index contributed by atoms with van der Waals surface area (Å²) in [5, 5.41) is 26.1. The predicted molar refractivity (Wildman–Crippen MR) is 135 cm³/mol. The van der Waals surface area contributed by atoms with Gasteiger partial charge in [0.05, 0.1) is 76.5 Å². The van der Waals surface area contributed by atoms with E-state index in [0.29, 0.717) is 57.2 Å². The molecule has 0 saturated heterocycles. The van der Waals surface area contributed by atoms with E-state index in [1.165, 1.54) is 42.7 Å². The highest BCUT2D eigenvalue weighted by Crippen LogP contribution is 2.42. The van der Waals surface area contributed by atoms with Crippen LogP contribution in [0.1, 0.15) is 11.1 Å². The standard InChI is InChI=1S/C26H26N4O6/c1-31-21-11-25(35-5)23(33-3)9-19(21)29-17-7-16(14-28)18(8-15(17)13-27)30-20-10-24(34-4)26(36-6)12-22(20)32-2/h7-12,29-30H,1-6H3. The fraction of sp³-hybridized carbons (Fsp3) is 0.231. The minimum Gasteiger partial charge on any atom is -0.494 e. The maximum atomic E-state index is 9.87. The molecule has 0 saturated carbocycles. The molecule has 0 aliphatic rings. The van der Waals surface area contributed by atoms with Crippen LogP contribution in [0.4, 0.5) is 22.7 Å². The van der Waals surface area contributed by atoms with Gasteiger partial charge in [0.1, 0.15) is 23.6 Å². The molecule has 0 aliphatic carbocycles. The average molecular weight is 491 g/mol. The summed E-state index contributed by atoms with van der Waals surface area (Å²) in [4.78, 5) is 0. The van der Waals surface area contributed by atoms with Crippen molar-refractivity contribution in [1.82, 2.24) is 0 Å². The lowest BCUT2D eigenvalue weighted by atomic mass is 10.1. The van der Waals surface area contributed by atoms with E-state index < -0.39 is 0 Å². The van der Waals surface area contributed by atoms with Crippen molar-refractivity contribution in [2.45, 2.75) is 0 Å². The van der Waals surface area contributed by atoms with Crippen LogP contribution in [0.25, 0.3) is 0 Å². The van der Waals surface area contributed by atoms with Gasteiger partial charge in [0.15, 0.2) is 23.0 Å². The molecule has 0 fully saturated rings. The summed E-state index contributed by atoms with van der Waals surface area (Å²) in [7, 11) is 9.12. The Kier molecular flexibility index (Phi) is 8.16. The molecule has 3 aromatic carbocycles. The summed E-state index contributed by atoms with van der Waals surface area (Å²) in [6.07, 6.45) is 0. The Morgan fingerprint density at radius 2 is 0.750 bits per heavy atom. The maximum Gasteiger partial charge on any atom is 0.164 e. The van der Waals surface area contributed by atoms with E-state index in [1.807, 2.05) is 0 Å². The molecule has 10 nitrogen and oxygen atoms in total. The zero-order valence-electron chi connectivity index (χ0n) is 20.8. The normalized spacial score (nSPS) is 9.89. The lowest BCUT2D eigenvalue weighted by molar-refractivity contribution is 0.349. The van der Waals surface area contributed by atoms with Crippen LogP contribution in [0.5, 0.6) is 34.5 Å². The molecule has 0 atom stereocenters. The summed E-state index contributed by atoms with van der Waals surface area (Å²) >= 11 is 0. The van der Waals surface area contributed by atoms with E-state index in [1.54, 1.807) is 36.4 Å². The van der Waals surface area contributed by atoms with E-state index >= 15 is 0 Å². The predicted octanol–water partition coefficient (Wildman–Crippen LogP) is 4.97. The third-order valence-electron chi connectivity index (χ3n) is 5.35. The molecule has 0 spiro atoms. The molecule has 186 valence electrons. The van der Waals surface area contributed by atoms with Crippen LogP contribution in [-0.4, -0.2) is 42.7 Å². The Morgan fingerprint density at radius 3 is 1.03 bits per heavy atom. The Morgan fingerprint density at radius 1 is 0.444 bits per heavy atom. The number of benzene rings is 3. The lowest BCUT2D eigenvalue weighted by Crippen LogP contribution is -2.03. The van der Waals surface area contributed by atoms with Crippen molar-refractivity contribution >= 4 is 22.7 Å². The fourth-order valence-electron chi connectivity index (χ4n) is 3.54. The van der Waals surface area contributed by atoms with E-state index in [0.717, 1.165) is 0 Å². The fourth-order valence-corrected chi connectivity index (χ4v) is 3.54. The van der Waals surface area contributed by atoms with Crippen LogP contribution in [0.15, 0.2) is 36.4 Å². The van der Waals surface area contributed by atoms with Crippen LogP contribution in [0.3, 0.4) is 0 Å². The molecule has 3 aromatic rings. The molecular formula is C26H26N4O6. The average Bonchev–Trinajstić information content (AvgIpc) is 2.92. The first-order chi connectivity index (χ1) is 17.5. The molecule has 0 radical (unpaired) electrons. The maximum absolute atomic E-state index is 9.87. The minimum absolute atomic E-state index is 0.285. The number of rotatable bonds is 10. The van der Waals surface area contributed by atoms with Gasteiger partial charge < -0.3 is 39.1 Å². The Bertz CT molecular complexity index is 1240. The highest BCUT2D eigenvalue weighted by Gasteiger charge is 2.18. The van der Waals surface area contributed by atoms with Crippen LogP contribution >= 0.6 is 0 Å². The molecule has 0 bridgehead atoms. The largest absolute Gasteiger partial charge is 0.494 e. The monoisotopic (exact) mass is 490 g/mol. The third-order valence-corrected chi connectivity index (χ3v) is 5.35. The zero-order valence-corrected chi connectivity index (χ0v) is 20.8. The SMILES string of the molecule is COc1cc(OC)c(OC)cc1Nc1cc(C#N)c(Nc2cc(OC)c(OC)cc2OC)cc1C#N. The van der Waals surface area contributed by atoms with E-state index in [2.05, 4.69) is 22.8 Å². The highest BCUT2D eigenvalue weighted by molar-refractivity contribution is 5.81. The van der Waals surface area contributed by atoms with Crippen molar-refractivity contribution in [1.29, 1.82) is 10.5 Å². The van der Waals surface area contributed by atoms with E-state index in [-0.39, 0.29) is 11.1 Å². The number of nitrogens with zero attached hydrogens (tertiary/aromatic N) is 2. The molecule has 3 rings (SSSR count). The molecule has 0 heterocycles. The number of hydrogen-bond acceptors (Lipinski definition) is 10. The van der Waals surface area contributed by atoms with Crippen LogP contribution in [0.2, 0.25) is 0 Å². The summed E-state index contributed by atoms with van der Waals surface area (Å²) < 4.78 is 32.3. The molecule has 0 amide bonds. The number of hydrogen-bond donors (Lipinski definition) is 2. The second-order valence-electron chi connectivity index (χ2n) is 7.23. The first-order valence-corrected chi connectivity index (χ1v) is 10.6. The Labute approximate surface area is 209 Å². The zero-order chi connectivity index (χ0) is 26.2. The van der Waals surface area contributed by atoms with Crippen LogP contribution in [-0.2, 0) is 0 Å². The summed E-state index contributed by atoms with van der Waals surface area (Å²) in [5.74, 6) is 2.85. The van der Waals surface area contributed by atoms with Gasteiger partial charge in [-0.3, -0.25) is 0 Å². The van der Waals surface area contributed by atoms with Gasteiger partial charge >= 0.3 is 0 Å². The molecule has 0 aromatic heterocycles. The number of ether oxygens (including phenoxy) is 6. The number of methoxy groups -OCH3 is 6. The van der Waals surface area contributed by atoms with E-state index in [4.69, 9.17) is 28.4 Å². The van der Waals surface area contributed by atoms with Gasteiger partial charge in [0, 0.05) is 24.3 Å². The number of nitrogens with one attached hydrogen (secondary N) is 2. The van der Waals surface area contributed by atoms with Gasteiger partial charge in [0.2, 0.25) is 0 Å². The van der Waals surface area contributed by atoms with Gasteiger partial charge in [0.25, 0.3) is 0 Å². The van der Waals surface area contributed by atoms with Crippen LogP contribution < -0.4 is 39.1 Å². The first kappa shape index (κ1) is 25.7. The Balaban J connectivity index is 2.07. The van der Waals surface area contributed by atoms with Crippen molar-refractivity contribution in [2.75, 3.05) is 53.3 Å². The minimum atomic E-state index is 0.285. The van der Waals surface area contributed by atoms with Gasteiger partial charge in [-0.1, -0.05) is 0 Å². The van der Waals surface area contributed by atoms with Crippen molar-refractivity contribution in [2.24, 2.45) is 0 Å². The molecule has 36 heavy (non-hydrogen) atoms. The van der Waals surface area contributed by atoms with Gasteiger partial charge in [-0.15, -0.1) is 0 Å². The van der Waals surface area contributed by atoms with Crippen molar-refractivity contribution in [3.63, 3.8) is 0 Å². The van der Waals surface area contributed by atoms with Crippen LogP contribution in [0, 0.1) is 22.7 Å². The van der Waals surface area contributed by atoms with Gasteiger partial charge in [-0.05, 0) is 12.1 Å². The number of anilines is 4. The smallest absolute Gasteiger partial charge is 0.164 e. The lowest BCUT2D eigenvalue weighted by Gasteiger charge is -2.18. The molecule has 0 aliphatic heterocycles. The summed E-state index contributed by atoms with van der Waals surface area (Å²) in [6, 6.07) is 14.2. The second kappa shape index (κ2) is 11.4. The topological polar surface area (TPSA) is 127 Å². The Hall–Kier alpha value is -4.96. The summed E-state index contributed by atoms with van der Waals surface area (Å²) in [6.45, 7) is 0. The van der Waals surface area contributed by atoms with Gasteiger partial charge in [-0.25, -0.2) is 0 Å². The second-order valence-corrected chi connectivity index (χ2v) is 7.23. The molecule has 2 N–H and O–H groups in total. The van der Waals surface area contributed by atoms with Crippen molar-refractivity contribution in [3.05, 3.63) is 47.5 Å². The van der Waals surface area contributed by atoms with Gasteiger partial charge in [-0.2, -0.15) is 10.5 Å². The van der Waals surface area contributed by atoms with E-state index in [9.17, 15) is 10.5 Å². The molecular weight excluding hydrogens is 464 g/mol. The van der Waals surface area contributed by atoms with Crippen molar-refractivity contribution < 1.29 is 28.4 Å². The molecule has 0 unspecified atom stereocenters. The first-order valence-electron chi connectivity index (χ1n) is 10.6. The van der Waals surface area contributed by atoms with Crippen molar-refractivity contribution in [3.8, 4) is 46.6 Å². The third kappa shape index (κ3) is 5.08. The quantitative estimate of drug-likeness (QED) is 0.402. The highest BCUT2D eigenvalue weighted by atomic mass is 16.5. The number of nitriles is 2.